The molecule has 1 aliphatic heterocycles. The van der Waals surface area contributed by atoms with Gasteiger partial charge in [0, 0.05) is 0 Å². The molecule has 1 fully saturated rings. The van der Waals surface area contributed by atoms with Crippen LogP contribution in [-0.2, 0) is 4.79 Å². The SMILES string of the molecule is CC1CCNC(C(=O)NC(C)c2cccc(OC(F)F)c2)C1. The van der Waals surface area contributed by atoms with Crippen LogP contribution in [0.1, 0.15) is 38.3 Å². The summed E-state index contributed by atoms with van der Waals surface area (Å²) in [4.78, 5) is 12.3. The average molecular weight is 312 g/mol. The summed E-state index contributed by atoms with van der Waals surface area (Å²) < 4.78 is 28.9. The van der Waals surface area contributed by atoms with E-state index in [1.807, 2.05) is 6.92 Å². The molecule has 1 amide bonds. The van der Waals surface area contributed by atoms with Gasteiger partial charge >= 0.3 is 6.61 Å². The number of nitrogens with one attached hydrogen (secondary N) is 2. The topological polar surface area (TPSA) is 50.4 Å². The first-order chi connectivity index (χ1) is 10.5. The lowest BCUT2D eigenvalue weighted by atomic mass is 9.93. The fraction of sp³-hybridized carbons (Fsp3) is 0.562. The van der Waals surface area contributed by atoms with Crippen molar-refractivity contribution in [2.24, 2.45) is 5.92 Å². The van der Waals surface area contributed by atoms with Gasteiger partial charge < -0.3 is 15.4 Å². The Balaban J connectivity index is 1.96. The van der Waals surface area contributed by atoms with Crippen LogP contribution in [0, 0.1) is 5.92 Å². The van der Waals surface area contributed by atoms with Gasteiger partial charge in [-0.25, -0.2) is 0 Å². The molecule has 122 valence electrons. The number of benzene rings is 1. The highest BCUT2D eigenvalue weighted by atomic mass is 19.3. The van der Waals surface area contributed by atoms with Crippen molar-refractivity contribution < 1.29 is 18.3 Å². The zero-order valence-corrected chi connectivity index (χ0v) is 12.8. The number of hydrogen-bond donors (Lipinski definition) is 2. The fourth-order valence-corrected chi connectivity index (χ4v) is 2.66. The molecule has 4 nitrogen and oxygen atoms in total. The molecule has 0 bridgehead atoms. The fourth-order valence-electron chi connectivity index (χ4n) is 2.66. The average Bonchev–Trinajstić information content (AvgIpc) is 2.46. The van der Waals surface area contributed by atoms with E-state index in [0.29, 0.717) is 5.92 Å². The van der Waals surface area contributed by atoms with Gasteiger partial charge in [0.15, 0.2) is 0 Å². The molecule has 1 heterocycles. The van der Waals surface area contributed by atoms with Crippen molar-refractivity contribution in [2.75, 3.05) is 6.54 Å². The molecule has 0 aromatic heterocycles. The number of carbonyl (C=O) groups excluding carboxylic acids is 1. The zero-order valence-electron chi connectivity index (χ0n) is 12.8. The van der Waals surface area contributed by atoms with Crippen molar-refractivity contribution in [2.45, 2.75) is 45.4 Å². The maximum atomic E-state index is 12.3. The van der Waals surface area contributed by atoms with Gasteiger partial charge in [0.05, 0.1) is 12.1 Å². The third-order valence-corrected chi connectivity index (χ3v) is 3.92. The summed E-state index contributed by atoms with van der Waals surface area (Å²) in [6.07, 6.45) is 1.89. The Morgan fingerprint density at radius 1 is 1.45 bits per heavy atom. The van der Waals surface area contributed by atoms with Crippen LogP contribution >= 0.6 is 0 Å². The normalized spacial score (nSPS) is 23.1. The molecule has 6 heteroatoms. The van der Waals surface area contributed by atoms with Crippen LogP contribution < -0.4 is 15.4 Å². The molecule has 0 spiro atoms. The Hall–Kier alpha value is -1.69. The van der Waals surface area contributed by atoms with Gasteiger partial charge in [0.1, 0.15) is 5.75 Å². The molecular weight excluding hydrogens is 290 g/mol. The third-order valence-electron chi connectivity index (χ3n) is 3.92. The molecule has 1 aromatic carbocycles. The highest BCUT2D eigenvalue weighted by Crippen LogP contribution is 2.21. The standard InChI is InChI=1S/C16H22F2N2O2/c1-10-6-7-19-14(8-10)15(21)20-11(2)12-4-3-5-13(9-12)22-16(17)18/h3-5,9-11,14,16,19H,6-8H2,1-2H3,(H,20,21). The number of hydrogen-bond acceptors (Lipinski definition) is 3. The van der Waals surface area contributed by atoms with E-state index in [0.717, 1.165) is 24.9 Å². The van der Waals surface area contributed by atoms with E-state index in [1.165, 1.54) is 12.1 Å². The highest BCUT2D eigenvalue weighted by Gasteiger charge is 2.25. The summed E-state index contributed by atoms with van der Waals surface area (Å²) in [7, 11) is 0. The maximum absolute atomic E-state index is 12.3. The van der Waals surface area contributed by atoms with E-state index >= 15 is 0 Å². The number of piperidine rings is 1. The third kappa shape index (κ3) is 4.66. The molecule has 2 N–H and O–H groups in total. The van der Waals surface area contributed by atoms with E-state index in [-0.39, 0.29) is 23.7 Å². The van der Waals surface area contributed by atoms with Crippen LogP contribution in [0.4, 0.5) is 8.78 Å². The minimum atomic E-state index is -2.85. The summed E-state index contributed by atoms with van der Waals surface area (Å²) in [6.45, 7) is 1.94. The van der Waals surface area contributed by atoms with Crippen LogP contribution in [0.5, 0.6) is 5.75 Å². The van der Waals surface area contributed by atoms with Crippen molar-refractivity contribution in [1.82, 2.24) is 10.6 Å². The van der Waals surface area contributed by atoms with E-state index in [4.69, 9.17) is 0 Å². The quantitative estimate of drug-likeness (QED) is 0.879. The second-order valence-corrected chi connectivity index (χ2v) is 5.82. The van der Waals surface area contributed by atoms with E-state index < -0.39 is 6.61 Å². The molecule has 1 aromatic rings. The largest absolute Gasteiger partial charge is 0.435 e. The van der Waals surface area contributed by atoms with Crippen molar-refractivity contribution in [3.63, 3.8) is 0 Å². The lowest BCUT2D eigenvalue weighted by molar-refractivity contribution is -0.124. The first-order valence-electron chi connectivity index (χ1n) is 7.54. The van der Waals surface area contributed by atoms with Crippen LogP contribution in [0.3, 0.4) is 0 Å². The Kier molecular flexibility index (Phi) is 5.71. The van der Waals surface area contributed by atoms with Crippen LogP contribution in [0.2, 0.25) is 0 Å². The Morgan fingerprint density at radius 3 is 2.91 bits per heavy atom. The Labute approximate surface area is 129 Å². The zero-order chi connectivity index (χ0) is 16.1. The molecule has 2 rings (SSSR count). The van der Waals surface area contributed by atoms with Crippen molar-refractivity contribution in [1.29, 1.82) is 0 Å². The molecule has 0 aliphatic carbocycles. The second kappa shape index (κ2) is 7.54. The number of alkyl halides is 2. The van der Waals surface area contributed by atoms with Crippen LogP contribution in [-0.4, -0.2) is 25.1 Å². The minimum absolute atomic E-state index is 0.0563. The monoisotopic (exact) mass is 312 g/mol. The lowest BCUT2D eigenvalue weighted by Gasteiger charge is -2.28. The Bertz CT molecular complexity index is 511. The molecule has 0 radical (unpaired) electrons. The van der Waals surface area contributed by atoms with Gasteiger partial charge in [-0.15, -0.1) is 0 Å². The Morgan fingerprint density at radius 2 is 2.23 bits per heavy atom. The molecule has 22 heavy (non-hydrogen) atoms. The molecule has 1 saturated heterocycles. The predicted octanol–water partition coefficient (Wildman–Crippen LogP) is 2.85. The number of amides is 1. The van der Waals surface area contributed by atoms with Crippen molar-refractivity contribution in [3.05, 3.63) is 29.8 Å². The van der Waals surface area contributed by atoms with E-state index in [2.05, 4.69) is 22.3 Å². The molecule has 3 atom stereocenters. The van der Waals surface area contributed by atoms with Gasteiger partial charge in [-0.05, 0) is 49.9 Å². The number of ether oxygens (including phenoxy) is 1. The van der Waals surface area contributed by atoms with Crippen LogP contribution in [0.25, 0.3) is 0 Å². The van der Waals surface area contributed by atoms with Gasteiger partial charge in [-0.3, -0.25) is 4.79 Å². The van der Waals surface area contributed by atoms with Crippen molar-refractivity contribution in [3.8, 4) is 5.75 Å². The van der Waals surface area contributed by atoms with Crippen molar-refractivity contribution >= 4 is 5.91 Å². The summed E-state index contributed by atoms with van der Waals surface area (Å²) in [5.41, 5.74) is 0.732. The molecular formula is C16H22F2N2O2. The smallest absolute Gasteiger partial charge is 0.387 e. The minimum Gasteiger partial charge on any atom is -0.435 e. The van der Waals surface area contributed by atoms with E-state index in [1.54, 1.807) is 12.1 Å². The van der Waals surface area contributed by atoms with E-state index in [9.17, 15) is 13.6 Å². The summed E-state index contributed by atoms with van der Waals surface area (Å²) >= 11 is 0. The summed E-state index contributed by atoms with van der Waals surface area (Å²) in [5.74, 6) is 0.562. The van der Waals surface area contributed by atoms with Gasteiger partial charge in [0.25, 0.3) is 0 Å². The van der Waals surface area contributed by atoms with Crippen LogP contribution in [0.15, 0.2) is 24.3 Å². The summed E-state index contributed by atoms with van der Waals surface area (Å²) in [6, 6.07) is 5.94. The van der Waals surface area contributed by atoms with Gasteiger partial charge in [-0.2, -0.15) is 8.78 Å². The number of carbonyl (C=O) groups is 1. The van der Waals surface area contributed by atoms with Gasteiger partial charge in [0.2, 0.25) is 5.91 Å². The molecule has 3 unspecified atom stereocenters. The lowest BCUT2D eigenvalue weighted by Crippen LogP contribution is -2.48. The highest BCUT2D eigenvalue weighted by molar-refractivity contribution is 5.82. The second-order valence-electron chi connectivity index (χ2n) is 5.82. The number of halogens is 2. The molecule has 0 saturated carbocycles. The first-order valence-corrected chi connectivity index (χ1v) is 7.54. The predicted molar refractivity (Wildman–Crippen MR) is 79.8 cm³/mol. The van der Waals surface area contributed by atoms with Gasteiger partial charge in [-0.1, -0.05) is 19.1 Å². The maximum Gasteiger partial charge on any atom is 0.387 e. The first kappa shape index (κ1) is 16.7. The summed E-state index contributed by atoms with van der Waals surface area (Å²) in [5, 5.41) is 6.13. The molecule has 1 aliphatic rings. The number of rotatable bonds is 5.